The van der Waals surface area contributed by atoms with Crippen LogP contribution in [-0.4, -0.2) is 11.5 Å². The van der Waals surface area contributed by atoms with E-state index in [1.165, 1.54) is 0 Å². The van der Waals surface area contributed by atoms with Crippen molar-refractivity contribution in [3.63, 3.8) is 0 Å². The number of nitrogens with one attached hydrogen (secondary N) is 1. The van der Waals surface area contributed by atoms with E-state index >= 15 is 0 Å². The maximum absolute atomic E-state index is 5.20. The Kier molecular flexibility index (Phi) is 2.89. The molecule has 1 heterocycles. The molecule has 0 aliphatic carbocycles. The Morgan fingerprint density at radius 1 is 1.47 bits per heavy atom. The van der Waals surface area contributed by atoms with Crippen LogP contribution in [0.25, 0.3) is 10.9 Å². The minimum absolute atomic E-state index is 0.511. The van der Waals surface area contributed by atoms with Crippen molar-refractivity contribution in [3.05, 3.63) is 34.9 Å². The van der Waals surface area contributed by atoms with Gasteiger partial charge in [-0.2, -0.15) is 0 Å². The molecule has 0 fully saturated rings. The molecule has 0 saturated heterocycles. The van der Waals surface area contributed by atoms with Gasteiger partial charge < -0.3 is 5.32 Å². The number of pyridine rings is 1. The predicted octanol–water partition coefficient (Wildman–Crippen LogP) is 3.04. The highest BCUT2D eigenvalue weighted by atomic mass is 79.9. The van der Waals surface area contributed by atoms with Crippen molar-refractivity contribution in [2.24, 2.45) is 0 Å². The summed E-state index contributed by atoms with van der Waals surface area (Å²) in [5.74, 6) is 2.54. The molecule has 2 nitrogen and oxygen atoms in total. The number of fused-ring (bicyclic) bond motifs is 1. The van der Waals surface area contributed by atoms with Gasteiger partial charge in [0.2, 0.25) is 0 Å². The standard InChI is InChI=1S/C12H9BrN2/c1-2-6-14-11-5-3-4-9-7-10(13)8-15-12(9)11/h1,3-5,7-8,14H,6H2. The smallest absolute Gasteiger partial charge is 0.0934 e. The lowest BCUT2D eigenvalue weighted by molar-refractivity contribution is 1.34. The Hall–Kier alpha value is -1.53. The number of benzene rings is 1. The van der Waals surface area contributed by atoms with Crippen LogP contribution < -0.4 is 5.32 Å². The summed E-state index contributed by atoms with van der Waals surface area (Å²) in [5, 5.41) is 4.23. The van der Waals surface area contributed by atoms with Crippen LogP contribution in [0.1, 0.15) is 0 Å². The third-order valence-corrected chi connectivity index (χ3v) is 2.49. The second-order valence-corrected chi connectivity index (χ2v) is 4.00. The lowest BCUT2D eigenvalue weighted by Gasteiger charge is -2.06. The minimum atomic E-state index is 0.511. The zero-order valence-corrected chi connectivity index (χ0v) is 9.58. The van der Waals surface area contributed by atoms with Gasteiger partial charge in [0, 0.05) is 16.1 Å². The van der Waals surface area contributed by atoms with Crippen molar-refractivity contribution in [3.8, 4) is 12.3 Å². The second-order valence-electron chi connectivity index (χ2n) is 3.09. The van der Waals surface area contributed by atoms with Crippen LogP contribution in [0.5, 0.6) is 0 Å². The zero-order chi connectivity index (χ0) is 10.7. The third kappa shape index (κ3) is 2.11. The van der Waals surface area contributed by atoms with Gasteiger partial charge >= 0.3 is 0 Å². The molecule has 0 aliphatic heterocycles. The average Bonchev–Trinajstić information content (AvgIpc) is 2.25. The summed E-state index contributed by atoms with van der Waals surface area (Å²) in [6.07, 6.45) is 6.99. The normalized spacial score (nSPS) is 9.87. The summed E-state index contributed by atoms with van der Waals surface area (Å²) in [7, 11) is 0. The molecular formula is C12H9BrN2. The monoisotopic (exact) mass is 260 g/mol. The molecule has 2 aromatic rings. The van der Waals surface area contributed by atoms with Crippen molar-refractivity contribution >= 4 is 32.5 Å². The quantitative estimate of drug-likeness (QED) is 0.840. The Bertz CT molecular complexity index is 529. The first-order valence-corrected chi connectivity index (χ1v) is 5.32. The molecule has 1 aromatic carbocycles. The largest absolute Gasteiger partial charge is 0.372 e. The van der Waals surface area contributed by atoms with Crippen LogP contribution >= 0.6 is 15.9 Å². The van der Waals surface area contributed by atoms with Crippen molar-refractivity contribution < 1.29 is 0 Å². The van der Waals surface area contributed by atoms with Crippen molar-refractivity contribution in [1.82, 2.24) is 4.98 Å². The van der Waals surface area contributed by atoms with Gasteiger partial charge in [-0.05, 0) is 28.1 Å². The Morgan fingerprint density at radius 2 is 2.33 bits per heavy atom. The highest BCUT2D eigenvalue weighted by Gasteiger charge is 2.01. The molecule has 0 spiro atoms. The van der Waals surface area contributed by atoms with Gasteiger partial charge in [0.1, 0.15) is 0 Å². The van der Waals surface area contributed by atoms with Crippen molar-refractivity contribution in [1.29, 1.82) is 0 Å². The third-order valence-electron chi connectivity index (χ3n) is 2.06. The maximum atomic E-state index is 5.20. The van der Waals surface area contributed by atoms with Crippen LogP contribution in [-0.2, 0) is 0 Å². The molecule has 15 heavy (non-hydrogen) atoms. The number of hydrogen-bond acceptors (Lipinski definition) is 2. The highest BCUT2D eigenvalue weighted by Crippen LogP contribution is 2.23. The molecule has 0 atom stereocenters. The van der Waals surface area contributed by atoms with Gasteiger partial charge in [0.25, 0.3) is 0 Å². The summed E-state index contributed by atoms with van der Waals surface area (Å²) in [4.78, 5) is 4.36. The van der Waals surface area contributed by atoms with E-state index < -0.39 is 0 Å². The van der Waals surface area contributed by atoms with E-state index in [0.29, 0.717) is 6.54 Å². The van der Waals surface area contributed by atoms with Crippen LogP contribution in [0.3, 0.4) is 0 Å². The van der Waals surface area contributed by atoms with E-state index in [1.54, 1.807) is 6.20 Å². The topological polar surface area (TPSA) is 24.9 Å². The number of rotatable bonds is 2. The molecule has 2 rings (SSSR count). The SMILES string of the molecule is C#CCNc1cccc2cc(Br)cnc12. The molecule has 1 aromatic heterocycles. The van der Waals surface area contributed by atoms with E-state index in [1.807, 2.05) is 24.3 Å². The lowest BCUT2D eigenvalue weighted by Crippen LogP contribution is -1.99. The Balaban J connectivity index is 2.52. The van der Waals surface area contributed by atoms with Crippen molar-refractivity contribution in [2.75, 3.05) is 11.9 Å². The number of halogens is 1. The van der Waals surface area contributed by atoms with E-state index in [4.69, 9.17) is 6.42 Å². The first-order valence-electron chi connectivity index (χ1n) is 4.53. The number of hydrogen-bond donors (Lipinski definition) is 1. The molecule has 0 radical (unpaired) electrons. The first kappa shape index (κ1) is 10.0. The summed E-state index contributed by atoms with van der Waals surface area (Å²) in [6.45, 7) is 0.511. The zero-order valence-electron chi connectivity index (χ0n) is 8.00. The van der Waals surface area contributed by atoms with Gasteiger partial charge in [0.15, 0.2) is 0 Å². The van der Waals surface area contributed by atoms with E-state index in [-0.39, 0.29) is 0 Å². The average molecular weight is 261 g/mol. The summed E-state index contributed by atoms with van der Waals surface area (Å²) in [5.41, 5.74) is 1.91. The van der Waals surface area contributed by atoms with E-state index in [0.717, 1.165) is 21.1 Å². The molecule has 0 saturated carbocycles. The Labute approximate surface area is 96.8 Å². The van der Waals surface area contributed by atoms with Gasteiger partial charge in [-0.3, -0.25) is 4.98 Å². The molecule has 74 valence electrons. The maximum Gasteiger partial charge on any atom is 0.0934 e. The van der Waals surface area contributed by atoms with E-state index in [2.05, 4.69) is 32.2 Å². The fourth-order valence-electron chi connectivity index (χ4n) is 1.42. The fourth-order valence-corrected chi connectivity index (χ4v) is 1.77. The number of aromatic nitrogens is 1. The predicted molar refractivity (Wildman–Crippen MR) is 66.8 cm³/mol. The number of anilines is 1. The first-order chi connectivity index (χ1) is 7.31. The molecule has 0 amide bonds. The van der Waals surface area contributed by atoms with Gasteiger partial charge in [-0.15, -0.1) is 6.42 Å². The molecular weight excluding hydrogens is 252 g/mol. The molecule has 0 bridgehead atoms. The number of para-hydroxylation sites is 1. The minimum Gasteiger partial charge on any atom is -0.372 e. The molecule has 0 aliphatic rings. The van der Waals surface area contributed by atoms with Gasteiger partial charge in [-0.1, -0.05) is 18.1 Å². The number of terminal acetylenes is 1. The van der Waals surface area contributed by atoms with E-state index in [9.17, 15) is 0 Å². The summed E-state index contributed by atoms with van der Waals surface area (Å²) < 4.78 is 0.976. The lowest BCUT2D eigenvalue weighted by atomic mass is 10.2. The molecule has 3 heteroatoms. The Morgan fingerprint density at radius 3 is 3.13 bits per heavy atom. The summed E-state index contributed by atoms with van der Waals surface area (Å²) in [6, 6.07) is 8.01. The van der Waals surface area contributed by atoms with Crippen LogP contribution in [0.4, 0.5) is 5.69 Å². The number of nitrogens with zero attached hydrogens (tertiary/aromatic N) is 1. The van der Waals surface area contributed by atoms with Crippen LogP contribution in [0.15, 0.2) is 34.9 Å². The van der Waals surface area contributed by atoms with Crippen molar-refractivity contribution in [2.45, 2.75) is 0 Å². The summed E-state index contributed by atoms with van der Waals surface area (Å²) >= 11 is 3.39. The second kappa shape index (κ2) is 4.33. The fraction of sp³-hybridized carbons (Fsp3) is 0.0833. The van der Waals surface area contributed by atoms with Gasteiger partial charge in [-0.25, -0.2) is 0 Å². The van der Waals surface area contributed by atoms with Crippen LogP contribution in [0.2, 0.25) is 0 Å². The van der Waals surface area contributed by atoms with Gasteiger partial charge in [0.05, 0.1) is 17.7 Å². The molecule has 1 N–H and O–H groups in total. The highest BCUT2D eigenvalue weighted by molar-refractivity contribution is 9.10. The van der Waals surface area contributed by atoms with Crippen LogP contribution in [0, 0.1) is 12.3 Å². The molecule has 0 unspecified atom stereocenters.